The smallest absolute Gasteiger partial charge is 0.335 e. The molecule has 2 rings (SSSR count). The summed E-state index contributed by atoms with van der Waals surface area (Å²) in [4.78, 5) is 37.0. The molecule has 0 fully saturated rings. The maximum absolute atomic E-state index is 11.9. The first-order valence-corrected chi connectivity index (χ1v) is 7.93. The van der Waals surface area contributed by atoms with Crippen molar-refractivity contribution in [2.45, 2.75) is 13.0 Å². The van der Waals surface area contributed by atoms with Crippen LogP contribution in [0.3, 0.4) is 0 Å². The summed E-state index contributed by atoms with van der Waals surface area (Å²) in [6.45, 7) is 0.210. The molecule has 0 aliphatic rings. The van der Waals surface area contributed by atoms with Crippen LogP contribution in [0.4, 0.5) is 0 Å². The average molecular weight is 310 g/mol. The number of carbonyl (C=O) groups is 1. The predicted octanol–water partition coefficient (Wildman–Crippen LogP) is 0.157. The van der Waals surface area contributed by atoms with Crippen LogP contribution in [0.5, 0.6) is 0 Å². The van der Waals surface area contributed by atoms with Gasteiger partial charge in [0.05, 0.1) is 16.6 Å². The minimum Gasteiger partial charge on any atom is -0.478 e. The number of carboxylic acids is 1. The van der Waals surface area contributed by atoms with Gasteiger partial charge < -0.3 is 14.7 Å². The van der Waals surface area contributed by atoms with Gasteiger partial charge in [0.2, 0.25) is 0 Å². The highest BCUT2D eigenvalue weighted by atomic mass is 32.2. The maximum atomic E-state index is 11.9. The summed E-state index contributed by atoms with van der Waals surface area (Å²) in [5.41, 5.74) is -0.736. The first-order chi connectivity index (χ1) is 9.90. The molecule has 0 saturated carbocycles. The standard InChI is InChI=1S/C13H14N2O5S/c1-21(20)6-2-5-15-10-7-8(13(18)19)3-4-9(10)14-11(16)12(15)17/h3-4,7H,2,5-6H2,1H3,(H,14,16)(H,18,19). The molecular formula is C13H14N2O5S. The van der Waals surface area contributed by atoms with E-state index in [0.29, 0.717) is 23.2 Å². The highest BCUT2D eigenvalue weighted by Crippen LogP contribution is 2.12. The van der Waals surface area contributed by atoms with Gasteiger partial charge in [0.15, 0.2) is 0 Å². The molecule has 21 heavy (non-hydrogen) atoms. The fourth-order valence-electron chi connectivity index (χ4n) is 2.05. The predicted molar refractivity (Wildman–Crippen MR) is 79.3 cm³/mol. The Kier molecular flexibility index (Phi) is 4.37. The molecule has 2 aromatic rings. The van der Waals surface area contributed by atoms with Crippen molar-refractivity contribution in [1.29, 1.82) is 0 Å². The van der Waals surface area contributed by atoms with Gasteiger partial charge in [0.1, 0.15) is 0 Å². The number of fused-ring (bicyclic) bond motifs is 1. The molecule has 0 spiro atoms. The number of H-pyrrole nitrogens is 1. The molecule has 2 N–H and O–H groups in total. The topological polar surface area (TPSA) is 109 Å². The van der Waals surface area contributed by atoms with Gasteiger partial charge in [-0.3, -0.25) is 13.8 Å². The molecule has 1 unspecified atom stereocenters. The van der Waals surface area contributed by atoms with Gasteiger partial charge in [-0.25, -0.2) is 4.79 Å². The van der Waals surface area contributed by atoms with Crippen LogP contribution in [0.25, 0.3) is 11.0 Å². The molecule has 0 amide bonds. The number of nitrogens with one attached hydrogen (secondary N) is 1. The van der Waals surface area contributed by atoms with E-state index in [1.165, 1.54) is 22.8 Å². The zero-order valence-corrected chi connectivity index (χ0v) is 12.1. The van der Waals surface area contributed by atoms with E-state index in [0.717, 1.165) is 0 Å². The third kappa shape index (κ3) is 3.27. The second kappa shape index (κ2) is 6.04. The van der Waals surface area contributed by atoms with Crippen molar-refractivity contribution in [3.05, 3.63) is 44.5 Å². The van der Waals surface area contributed by atoms with Crippen molar-refractivity contribution in [2.24, 2.45) is 0 Å². The van der Waals surface area contributed by atoms with Gasteiger partial charge in [0.25, 0.3) is 0 Å². The summed E-state index contributed by atoms with van der Waals surface area (Å²) in [7, 11) is -0.992. The van der Waals surface area contributed by atoms with E-state index in [9.17, 15) is 18.6 Å². The molecule has 0 saturated heterocycles. The molecule has 0 bridgehead atoms. The van der Waals surface area contributed by atoms with E-state index in [1.807, 2.05) is 0 Å². The zero-order chi connectivity index (χ0) is 15.6. The SMILES string of the molecule is CS(=O)CCCn1c(=O)c(=O)[nH]c2ccc(C(=O)O)cc21. The summed E-state index contributed by atoms with van der Waals surface area (Å²) < 4.78 is 12.3. The summed E-state index contributed by atoms with van der Waals surface area (Å²) in [5.74, 6) is -0.712. The lowest BCUT2D eigenvalue weighted by Gasteiger charge is -2.09. The fraction of sp³-hybridized carbons (Fsp3) is 0.308. The number of nitrogens with zero attached hydrogens (tertiary/aromatic N) is 1. The van der Waals surface area contributed by atoms with Gasteiger partial charge in [0, 0.05) is 29.4 Å². The van der Waals surface area contributed by atoms with Crippen LogP contribution < -0.4 is 11.1 Å². The van der Waals surface area contributed by atoms with Crippen LogP contribution in [0, 0.1) is 0 Å². The number of benzene rings is 1. The normalized spacial score (nSPS) is 12.4. The van der Waals surface area contributed by atoms with Crippen molar-refractivity contribution in [3.63, 3.8) is 0 Å². The molecule has 0 radical (unpaired) electrons. The van der Waals surface area contributed by atoms with Crippen LogP contribution in [0.15, 0.2) is 27.8 Å². The average Bonchev–Trinajstić information content (AvgIpc) is 2.42. The highest BCUT2D eigenvalue weighted by Gasteiger charge is 2.11. The lowest BCUT2D eigenvalue weighted by molar-refractivity contribution is 0.0697. The van der Waals surface area contributed by atoms with Gasteiger partial charge in [-0.2, -0.15) is 0 Å². The summed E-state index contributed by atoms with van der Waals surface area (Å²) in [6, 6.07) is 4.16. The van der Waals surface area contributed by atoms with Crippen LogP contribution in [0.1, 0.15) is 16.8 Å². The van der Waals surface area contributed by atoms with Crippen LogP contribution in [-0.4, -0.2) is 36.8 Å². The van der Waals surface area contributed by atoms with E-state index in [2.05, 4.69) is 4.98 Å². The molecule has 7 nitrogen and oxygen atoms in total. The quantitative estimate of drug-likeness (QED) is 0.764. The summed E-state index contributed by atoms with van der Waals surface area (Å²) in [6.07, 6.45) is 2.01. The third-order valence-electron chi connectivity index (χ3n) is 3.04. The Bertz CT molecular complexity index is 837. The number of aromatic amines is 1. The number of rotatable bonds is 5. The number of aryl methyl sites for hydroxylation is 1. The Hall–Kier alpha value is -2.22. The fourth-order valence-corrected chi connectivity index (χ4v) is 2.58. The van der Waals surface area contributed by atoms with Gasteiger partial charge in [-0.15, -0.1) is 0 Å². The van der Waals surface area contributed by atoms with Crippen LogP contribution in [-0.2, 0) is 17.3 Å². The number of hydrogen-bond donors (Lipinski definition) is 2. The number of hydrogen-bond acceptors (Lipinski definition) is 4. The van der Waals surface area contributed by atoms with Crippen molar-refractivity contribution in [3.8, 4) is 0 Å². The van der Waals surface area contributed by atoms with E-state index >= 15 is 0 Å². The van der Waals surface area contributed by atoms with Crippen molar-refractivity contribution in [2.75, 3.05) is 12.0 Å². The second-order valence-electron chi connectivity index (χ2n) is 4.58. The first-order valence-electron chi connectivity index (χ1n) is 6.20. The molecule has 8 heteroatoms. The monoisotopic (exact) mass is 310 g/mol. The largest absolute Gasteiger partial charge is 0.478 e. The minimum absolute atomic E-state index is 0.0294. The Morgan fingerprint density at radius 2 is 2.10 bits per heavy atom. The Morgan fingerprint density at radius 3 is 2.71 bits per heavy atom. The van der Waals surface area contributed by atoms with E-state index < -0.39 is 27.9 Å². The van der Waals surface area contributed by atoms with E-state index in [4.69, 9.17) is 5.11 Å². The van der Waals surface area contributed by atoms with E-state index in [-0.39, 0.29) is 12.1 Å². The second-order valence-corrected chi connectivity index (χ2v) is 6.13. The lowest BCUT2D eigenvalue weighted by atomic mass is 10.2. The maximum Gasteiger partial charge on any atom is 0.335 e. The van der Waals surface area contributed by atoms with E-state index in [1.54, 1.807) is 6.26 Å². The first kappa shape index (κ1) is 15.2. The zero-order valence-electron chi connectivity index (χ0n) is 11.3. The van der Waals surface area contributed by atoms with Crippen molar-refractivity contribution < 1.29 is 14.1 Å². The summed E-state index contributed by atoms with van der Waals surface area (Å²) in [5, 5.41) is 9.01. The van der Waals surface area contributed by atoms with Crippen LogP contribution in [0.2, 0.25) is 0 Å². The molecular weight excluding hydrogens is 296 g/mol. The van der Waals surface area contributed by atoms with Gasteiger partial charge in [-0.1, -0.05) is 0 Å². The Balaban J connectivity index is 2.58. The Labute approximate surface area is 121 Å². The number of carboxylic acid groups (broad SMARTS) is 1. The Morgan fingerprint density at radius 1 is 1.38 bits per heavy atom. The molecule has 0 aliphatic heterocycles. The molecule has 1 heterocycles. The lowest BCUT2D eigenvalue weighted by Crippen LogP contribution is -2.36. The molecule has 1 aromatic heterocycles. The third-order valence-corrected chi connectivity index (χ3v) is 3.90. The number of aromatic nitrogens is 2. The van der Waals surface area contributed by atoms with Crippen molar-refractivity contribution >= 4 is 27.8 Å². The highest BCUT2D eigenvalue weighted by molar-refractivity contribution is 7.84. The molecule has 1 atom stereocenters. The molecule has 112 valence electrons. The van der Waals surface area contributed by atoms with Gasteiger partial charge in [-0.05, 0) is 24.6 Å². The minimum atomic E-state index is -1.11. The van der Waals surface area contributed by atoms with Crippen LogP contribution >= 0.6 is 0 Å². The summed E-state index contributed by atoms with van der Waals surface area (Å²) >= 11 is 0. The van der Waals surface area contributed by atoms with Gasteiger partial charge >= 0.3 is 17.1 Å². The molecule has 1 aromatic carbocycles. The van der Waals surface area contributed by atoms with Crippen molar-refractivity contribution in [1.82, 2.24) is 9.55 Å². The number of aromatic carboxylic acids is 1. The molecule has 0 aliphatic carbocycles.